The van der Waals surface area contributed by atoms with Crippen molar-refractivity contribution in [1.82, 2.24) is 4.98 Å². The molecule has 0 unspecified atom stereocenters. The second-order valence-electron chi connectivity index (χ2n) is 4.18. The maximum Gasteiger partial charge on any atom is 0.129 e. The molecule has 3 nitrogen and oxygen atoms in total. The van der Waals surface area contributed by atoms with Gasteiger partial charge in [0.1, 0.15) is 5.82 Å². The molecule has 0 saturated heterocycles. The Kier molecular flexibility index (Phi) is 4.31. The molecule has 0 bridgehead atoms. The standard InChI is InChI=1S/C15H18N2O/c1-2-17(11-13-6-4-3-5-7-13)15-10-14(12-18)8-9-16-15/h3-10,18H,2,11-12H2,1H3. The van der Waals surface area contributed by atoms with Gasteiger partial charge in [-0.25, -0.2) is 4.98 Å². The molecule has 0 radical (unpaired) electrons. The van der Waals surface area contributed by atoms with Gasteiger partial charge in [0.15, 0.2) is 0 Å². The summed E-state index contributed by atoms with van der Waals surface area (Å²) in [6.45, 7) is 3.88. The summed E-state index contributed by atoms with van der Waals surface area (Å²) in [7, 11) is 0. The lowest BCUT2D eigenvalue weighted by atomic mass is 10.2. The molecular formula is C15H18N2O. The number of nitrogens with zero attached hydrogens (tertiary/aromatic N) is 2. The van der Waals surface area contributed by atoms with Gasteiger partial charge in [-0.3, -0.25) is 0 Å². The number of aliphatic hydroxyl groups excluding tert-OH is 1. The van der Waals surface area contributed by atoms with Crippen molar-refractivity contribution in [2.24, 2.45) is 0 Å². The average Bonchev–Trinajstić information content (AvgIpc) is 2.46. The van der Waals surface area contributed by atoms with Crippen LogP contribution in [-0.2, 0) is 13.2 Å². The second-order valence-corrected chi connectivity index (χ2v) is 4.18. The number of rotatable bonds is 5. The molecule has 2 rings (SSSR count). The molecule has 0 spiro atoms. The number of aliphatic hydroxyl groups is 1. The number of hydrogen-bond donors (Lipinski definition) is 1. The van der Waals surface area contributed by atoms with Gasteiger partial charge < -0.3 is 10.0 Å². The van der Waals surface area contributed by atoms with Crippen LogP contribution in [0.1, 0.15) is 18.1 Å². The highest BCUT2D eigenvalue weighted by Crippen LogP contribution is 2.15. The predicted molar refractivity (Wildman–Crippen MR) is 73.3 cm³/mol. The van der Waals surface area contributed by atoms with Gasteiger partial charge in [0.05, 0.1) is 6.61 Å². The smallest absolute Gasteiger partial charge is 0.129 e. The highest BCUT2D eigenvalue weighted by Gasteiger charge is 2.07. The molecule has 0 aliphatic carbocycles. The van der Waals surface area contributed by atoms with Crippen molar-refractivity contribution in [1.29, 1.82) is 0 Å². The lowest BCUT2D eigenvalue weighted by Crippen LogP contribution is -2.23. The summed E-state index contributed by atoms with van der Waals surface area (Å²) in [5.74, 6) is 0.910. The van der Waals surface area contributed by atoms with Crippen LogP contribution < -0.4 is 4.90 Å². The van der Waals surface area contributed by atoms with E-state index in [0.29, 0.717) is 0 Å². The van der Waals surface area contributed by atoms with Crippen molar-refractivity contribution in [2.75, 3.05) is 11.4 Å². The summed E-state index contributed by atoms with van der Waals surface area (Å²) < 4.78 is 0. The minimum Gasteiger partial charge on any atom is -0.392 e. The molecule has 1 N–H and O–H groups in total. The van der Waals surface area contributed by atoms with Crippen LogP contribution in [0.4, 0.5) is 5.82 Å². The Labute approximate surface area is 108 Å². The van der Waals surface area contributed by atoms with Crippen molar-refractivity contribution >= 4 is 5.82 Å². The van der Waals surface area contributed by atoms with Crippen molar-refractivity contribution in [3.05, 3.63) is 59.8 Å². The van der Waals surface area contributed by atoms with Gasteiger partial charge >= 0.3 is 0 Å². The first-order valence-corrected chi connectivity index (χ1v) is 6.18. The second kappa shape index (κ2) is 6.17. The van der Waals surface area contributed by atoms with E-state index < -0.39 is 0 Å². The van der Waals surface area contributed by atoms with Gasteiger partial charge in [-0.2, -0.15) is 0 Å². The zero-order valence-electron chi connectivity index (χ0n) is 10.6. The minimum atomic E-state index is 0.0540. The Bertz CT molecular complexity index is 485. The number of anilines is 1. The van der Waals surface area contributed by atoms with Crippen LogP contribution in [0.15, 0.2) is 48.7 Å². The van der Waals surface area contributed by atoms with E-state index in [9.17, 15) is 0 Å². The van der Waals surface area contributed by atoms with Crippen molar-refractivity contribution < 1.29 is 5.11 Å². The highest BCUT2D eigenvalue weighted by molar-refractivity contribution is 5.41. The van der Waals surface area contributed by atoms with Gasteiger partial charge in [0, 0.05) is 19.3 Å². The molecule has 1 aromatic carbocycles. The van der Waals surface area contributed by atoms with E-state index in [4.69, 9.17) is 5.11 Å². The maximum absolute atomic E-state index is 9.16. The molecule has 0 aliphatic rings. The largest absolute Gasteiger partial charge is 0.392 e. The van der Waals surface area contributed by atoms with Crippen molar-refractivity contribution in [3.8, 4) is 0 Å². The van der Waals surface area contributed by atoms with E-state index in [2.05, 4.69) is 28.9 Å². The Hall–Kier alpha value is -1.87. The predicted octanol–water partition coefficient (Wildman–Crippen LogP) is 2.60. The first-order chi connectivity index (χ1) is 8.83. The highest BCUT2D eigenvalue weighted by atomic mass is 16.3. The quantitative estimate of drug-likeness (QED) is 0.875. The van der Waals surface area contributed by atoms with E-state index in [1.54, 1.807) is 6.20 Å². The zero-order chi connectivity index (χ0) is 12.8. The number of benzene rings is 1. The summed E-state index contributed by atoms with van der Waals surface area (Å²) in [6.07, 6.45) is 1.74. The van der Waals surface area contributed by atoms with Crippen LogP contribution in [0.5, 0.6) is 0 Å². The van der Waals surface area contributed by atoms with Crippen LogP contribution in [0.3, 0.4) is 0 Å². The van der Waals surface area contributed by atoms with E-state index in [-0.39, 0.29) is 6.61 Å². The molecule has 0 fully saturated rings. The molecule has 1 heterocycles. The fourth-order valence-electron chi connectivity index (χ4n) is 1.89. The summed E-state index contributed by atoms with van der Waals surface area (Å²) in [4.78, 5) is 6.56. The Balaban J connectivity index is 2.17. The normalized spacial score (nSPS) is 10.3. The third kappa shape index (κ3) is 3.08. The van der Waals surface area contributed by atoms with Crippen LogP contribution in [0.2, 0.25) is 0 Å². The first-order valence-electron chi connectivity index (χ1n) is 6.18. The van der Waals surface area contributed by atoms with Crippen molar-refractivity contribution in [2.45, 2.75) is 20.1 Å². The summed E-state index contributed by atoms with van der Waals surface area (Å²) in [5.41, 5.74) is 2.15. The third-order valence-electron chi connectivity index (χ3n) is 2.91. The number of aromatic nitrogens is 1. The monoisotopic (exact) mass is 242 g/mol. The van der Waals surface area contributed by atoms with Crippen LogP contribution >= 0.6 is 0 Å². The van der Waals surface area contributed by atoms with Crippen molar-refractivity contribution in [3.63, 3.8) is 0 Å². The topological polar surface area (TPSA) is 36.4 Å². The molecule has 0 saturated carbocycles. The molecule has 0 amide bonds. The Morgan fingerprint density at radius 2 is 1.89 bits per heavy atom. The molecule has 0 aliphatic heterocycles. The molecule has 1 aromatic heterocycles. The third-order valence-corrected chi connectivity index (χ3v) is 2.91. The van der Waals surface area contributed by atoms with Crippen LogP contribution in [0.25, 0.3) is 0 Å². The summed E-state index contributed by atoms with van der Waals surface area (Å²) >= 11 is 0. The SMILES string of the molecule is CCN(Cc1ccccc1)c1cc(CO)ccn1. The summed E-state index contributed by atoms with van der Waals surface area (Å²) in [6, 6.07) is 14.1. The molecule has 3 heteroatoms. The molecule has 18 heavy (non-hydrogen) atoms. The van der Waals surface area contributed by atoms with E-state index in [1.807, 2.05) is 30.3 Å². The number of pyridine rings is 1. The van der Waals surface area contributed by atoms with Gasteiger partial charge in [0.25, 0.3) is 0 Å². The van der Waals surface area contributed by atoms with E-state index >= 15 is 0 Å². The van der Waals surface area contributed by atoms with Crippen LogP contribution in [0, 0.1) is 0 Å². The van der Waals surface area contributed by atoms with Gasteiger partial charge in [-0.05, 0) is 30.2 Å². The number of hydrogen-bond acceptors (Lipinski definition) is 3. The van der Waals surface area contributed by atoms with E-state index in [0.717, 1.165) is 24.5 Å². The van der Waals surface area contributed by atoms with Gasteiger partial charge in [0.2, 0.25) is 0 Å². The maximum atomic E-state index is 9.16. The molecule has 2 aromatic rings. The van der Waals surface area contributed by atoms with E-state index in [1.165, 1.54) is 5.56 Å². The molecule has 0 atom stereocenters. The van der Waals surface area contributed by atoms with Gasteiger partial charge in [-0.15, -0.1) is 0 Å². The fraction of sp³-hybridized carbons (Fsp3) is 0.267. The Morgan fingerprint density at radius 1 is 1.11 bits per heavy atom. The fourth-order valence-corrected chi connectivity index (χ4v) is 1.89. The first kappa shape index (κ1) is 12.6. The zero-order valence-corrected chi connectivity index (χ0v) is 10.6. The molecular weight excluding hydrogens is 224 g/mol. The lowest BCUT2D eigenvalue weighted by Gasteiger charge is -2.22. The minimum absolute atomic E-state index is 0.0540. The summed E-state index contributed by atoms with van der Waals surface area (Å²) in [5, 5.41) is 9.16. The average molecular weight is 242 g/mol. The van der Waals surface area contributed by atoms with Gasteiger partial charge in [-0.1, -0.05) is 30.3 Å². The lowest BCUT2D eigenvalue weighted by molar-refractivity contribution is 0.281. The van der Waals surface area contributed by atoms with Crippen LogP contribution in [-0.4, -0.2) is 16.6 Å². The Morgan fingerprint density at radius 3 is 2.56 bits per heavy atom. The molecule has 94 valence electrons.